The summed E-state index contributed by atoms with van der Waals surface area (Å²) in [4.78, 5) is 43.0. The van der Waals surface area contributed by atoms with Crippen molar-refractivity contribution in [2.24, 2.45) is 5.92 Å². The van der Waals surface area contributed by atoms with Crippen molar-refractivity contribution in [3.63, 3.8) is 0 Å². The number of carbonyl (C=O) groups is 3. The van der Waals surface area contributed by atoms with Crippen molar-refractivity contribution in [3.05, 3.63) is 58.1 Å². The van der Waals surface area contributed by atoms with E-state index in [0.29, 0.717) is 54.6 Å². The van der Waals surface area contributed by atoms with Gasteiger partial charge >= 0.3 is 5.97 Å². The van der Waals surface area contributed by atoms with Gasteiger partial charge in [0.2, 0.25) is 11.8 Å². The summed E-state index contributed by atoms with van der Waals surface area (Å²) < 4.78 is 0. The quantitative estimate of drug-likeness (QED) is 0.491. The van der Waals surface area contributed by atoms with Crippen molar-refractivity contribution >= 4 is 64.5 Å². The van der Waals surface area contributed by atoms with Crippen LogP contribution in [0.25, 0.3) is 6.08 Å². The van der Waals surface area contributed by atoms with Gasteiger partial charge in [0.25, 0.3) is 0 Å². The van der Waals surface area contributed by atoms with Crippen LogP contribution in [-0.2, 0) is 14.4 Å². The molecule has 2 aliphatic heterocycles. The molecule has 0 bridgehead atoms. The number of piperazine rings is 1. The number of piperidine rings is 1. The fourth-order valence-corrected chi connectivity index (χ4v) is 6.14. The molecule has 2 aromatic carbocycles. The van der Waals surface area contributed by atoms with Gasteiger partial charge in [-0.15, -0.1) is 0 Å². The van der Waals surface area contributed by atoms with Gasteiger partial charge in [-0.3, -0.25) is 14.4 Å². The van der Waals surface area contributed by atoms with E-state index in [0.717, 1.165) is 28.6 Å². The molecule has 2 fully saturated rings. The monoisotopic (exact) mass is 561 g/mol. The van der Waals surface area contributed by atoms with Crippen LogP contribution in [0.2, 0.25) is 10.0 Å². The SMILES string of the molecule is CC(=O)N1CCN(c2ccccc2Sc2ccc(/C=C/C(=O)N3CCC(C(=O)O)CC3)c(Cl)c2Cl)CC1. The number of aliphatic carboxylic acids is 1. The van der Waals surface area contributed by atoms with E-state index in [1.54, 1.807) is 17.9 Å². The fourth-order valence-electron chi connectivity index (χ4n) is 4.55. The molecule has 0 radical (unpaired) electrons. The number of carboxylic acid groups (broad SMARTS) is 1. The van der Waals surface area contributed by atoms with E-state index < -0.39 is 5.97 Å². The third-order valence-electron chi connectivity index (χ3n) is 6.79. The van der Waals surface area contributed by atoms with E-state index in [-0.39, 0.29) is 17.7 Å². The fraction of sp³-hybridized carbons (Fsp3) is 0.370. The molecule has 2 amide bonds. The highest BCUT2D eigenvalue weighted by molar-refractivity contribution is 7.99. The Kier molecular flexibility index (Phi) is 9.05. The summed E-state index contributed by atoms with van der Waals surface area (Å²) in [6.45, 7) is 5.36. The first-order valence-corrected chi connectivity index (χ1v) is 13.8. The standard InChI is InChI=1S/C27H29Cl2N3O4S/c1-18(33)30-14-16-31(17-15-30)21-4-2-3-5-22(21)37-23-8-6-19(25(28)26(23)29)7-9-24(34)32-12-10-20(11-13-32)27(35)36/h2-9,20H,10-17H2,1H3,(H,35,36)/b9-7+. The number of carbonyl (C=O) groups excluding carboxylic acids is 2. The summed E-state index contributed by atoms with van der Waals surface area (Å²) in [6.07, 6.45) is 4.03. The summed E-state index contributed by atoms with van der Waals surface area (Å²) in [7, 11) is 0. The first kappa shape index (κ1) is 27.4. The molecule has 0 spiro atoms. The maximum absolute atomic E-state index is 12.6. The van der Waals surface area contributed by atoms with Crippen molar-refractivity contribution in [1.82, 2.24) is 9.80 Å². The molecule has 0 saturated carbocycles. The van der Waals surface area contributed by atoms with Crippen LogP contribution in [0.15, 0.2) is 52.3 Å². The smallest absolute Gasteiger partial charge is 0.306 e. The average Bonchev–Trinajstić information content (AvgIpc) is 2.91. The zero-order valence-electron chi connectivity index (χ0n) is 20.5. The molecule has 0 atom stereocenters. The van der Waals surface area contributed by atoms with Crippen molar-refractivity contribution in [3.8, 4) is 0 Å². The molecule has 37 heavy (non-hydrogen) atoms. The van der Waals surface area contributed by atoms with E-state index in [2.05, 4.69) is 11.0 Å². The van der Waals surface area contributed by atoms with Gasteiger partial charge in [-0.2, -0.15) is 0 Å². The second kappa shape index (κ2) is 12.2. The van der Waals surface area contributed by atoms with E-state index in [1.807, 2.05) is 35.2 Å². The number of carboxylic acids is 1. The minimum atomic E-state index is -0.805. The van der Waals surface area contributed by atoms with E-state index >= 15 is 0 Å². The molecule has 0 aliphatic carbocycles. The van der Waals surface area contributed by atoms with Crippen LogP contribution in [0, 0.1) is 5.92 Å². The Morgan fingerprint density at radius 2 is 1.57 bits per heavy atom. The predicted octanol–water partition coefficient (Wildman–Crippen LogP) is 5.15. The van der Waals surface area contributed by atoms with Crippen LogP contribution in [0.4, 0.5) is 5.69 Å². The molecule has 2 aromatic rings. The Bertz CT molecular complexity index is 1210. The number of halogens is 2. The van der Waals surface area contributed by atoms with Crippen molar-refractivity contribution in [1.29, 1.82) is 0 Å². The number of likely N-dealkylation sites (tertiary alicyclic amines) is 1. The third-order valence-corrected chi connectivity index (χ3v) is 8.92. The molecule has 2 saturated heterocycles. The van der Waals surface area contributed by atoms with Crippen LogP contribution in [0.5, 0.6) is 0 Å². The van der Waals surface area contributed by atoms with Crippen LogP contribution < -0.4 is 4.90 Å². The lowest BCUT2D eigenvalue weighted by Gasteiger charge is -2.36. The molecular weight excluding hydrogens is 533 g/mol. The lowest BCUT2D eigenvalue weighted by Crippen LogP contribution is -2.48. The second-order valence-electron chi connectivity index (χ2n) is 9.11. The van der Waals surface area contributed by atoms with E-state index in [1.165, 1.54) is 17.8 Å². The Morgan fingerprint density at radius 3 is 2.22 bits per heavy atom. The van der Waals surface area contributed by atoms with Gasteiger partial charge in [0.05, 0.1) is 21.7 Å². The largest absolute Gasteiger partial charge is 0.481 e. The van der Waals surface area contributed by atoms with Gasteiger partial charge in [-0.25, -0.2) is 0 Å². The van der Waals surface area contributed by atoms with Gasteiger partial charge in [-0.05, 0) is 42.7 Å². The molecule has 2 aliphatic rings. The van der Waals surface area contributed by atoms with Crippen LogP contribution in [0.3, 0.4) is 0 Å². The average molecular weight is 563 g/mol. The Labute approximate surface area is 231 Å². The van der Waals surface area contributed by atoms with Gasteiger partial charge < -0.3 is 19.8 Å². The summed E-state index contributed by atoms with van der Waals surface area (Å²) in [5, 5.41) is 9.92. The molecule has 2 heterocycles. The molecular formula is C27H29Cl2N3O4S. The Balaban J connectivity index is 1.43. The number of benzene rings is 2. The highest BCUT2D eigenvalue weighted by Gasteiger charge is 2.26. The predicted molar refractivity (Wildman–Crippen MR) is 147 cm³/mol. The number of anilines is 1. The number of amides is 2. The van der Waals surface area contributed by atoms with Crippen molar-refractivity contribution in [2.45, 2.75) is 29.6 Å². The topological polar surface area (TPSA) is 81.2 Å². The molecule has 7 nitrogen and oxygen atoms in total. The summed E-state index contributed by atoms with van der Waals surface area (Å²) in [5.41, 5.74) is 1.72. The Hall–Kier alpha value is -2.68. The van der Waals surface area contributed by atoms with Crippen molar-refractivity contribution in [2.75, 3.05) is 44.2 Å². The maximum atomic E-state index is 12.6. The zero-order chi connectivity index (χ0) is 26.5. The summed E-state index contributed by atoms with van der Waals surface area (Å²) in [6, 6.07) is 11.8. The first-order chi connectivity index (χ1) is 17.7. The number of para-hydroxylation sites is 1. The molecule has 196 valence electrons. The number of hydrogen-bond acceptors (Lipinski definition) is 5. The highest BCUT2D eigenvalue weighted by Crippen LogP contribution is 2.42. The Morgan fingerprint density at radius 1 is 0.892 bits per heavy atom. The lowest BCUT2D eigenvalue weighted by molar-refractivity contribution is -0.144. The molecule has 1 N–H and O–H groups in total. The zero-order valence-corrected chi connectivity index (χ0v) is 22.9. The molecule has 4 rings (SSSR count). The molecule has 0 unspecified atom stereocenters. The number of rotatable bonds is 6. The minimum Gasteiger partial charge on any atom is -0.481 e. The van der Waals surface area contributed by atoms with Crippen LogP contribution in [-0.4, -0.2) is 72.0 Å². The van der Waals surface area contributed by atoms with Crippen LogP contribution in [0.1, 0.15) is 25.3 Å². The number of hydrogen-bond donors (Lipinski definition) is 1. The highest BCUT2D eigenvalue weighted by atomic mass is 35.5. The lowest BCUT2D eigenvalue weighted by atomic mass is 9.97. The molecule has 0 aromatic heterocycles. The van der Waals surface area contributed by atoms with Gasteiger partial charge in [0.1, 0.15) is 0 Å². The minimum absolute atomic E-state index is 0.0994. The van der Waals surface area contributed by atoms with E-state index in [4.69, 9.17) is 28.3 Å². The van der Waals surface area contributed by atoms with E-state index in [9.17, 15) is 14.4 Å². The summed E-state index contributed by atoms with van der Waals surface area (Å²) in [5.74, 6) is -1.27. The van der Waals surface area contributed by atoms with Crippen LogP contribution >= 0.6 is 35.0 Å². The second-order valence-corrected chi connectivity index (χ2v) is 11.0. The normalized spacial score (nSPS) is 16.9. The van der Waals surface area contributed by atoms with Crippen molar-refractivity contribution < 1.29 is 19.5 Å². The summed E-state index contributed by atoms with van der Waals surface area (Å²) >= 11 is 14.8. The molecule has 10 heteroatoms. The van der Waals surface area contributed by atoms with Gasteiger partial charge in [0, 0.05) is 62.1 Å². The van der Waals surface area contributed by atoms with Gasteiger partial charge in [-0.1, -0.05) is 53.2 Å². The number of nitrogens with zero attached hydrogens (tertiary/aromatic N) is 3. The maximum Gasteiger partial charge on any atom is 0.306 e. The van der Waals surface area contributed by atoms with Gasteiger partial charge in [0.15, 0.2) is 0 Å². The third kappa shape index (κ3) is 6.61. The first-order valence-electron chi connectivity index (χ1n) is 12.2.